The van der Waals surface area contributed by atoms with Gasteiger partial charge in [0.25, 0.3) is 5.91 Å². The number of piperazine rings is 1. The van der Waals surface area contributed by atoms with E-state index in [0.717, 1.165) is 61.7 Å². The van der Waals surface area contributed by atoms with Crippen LogP contribution in [0.4, 0.5) is 5.82 Å². The Kier molecular flexibility index (Phi) is 9.69. The fraction of sp³-hybridized carbons (Fsp3) is 0.379. The number of pyridine rings is 1. The summed E-state index contributed by atoms with van der Waals surface area (Å²) < 4.78 is 1.12. The third kappa shape index (κ3) is 7.46. The molecule has 2 aromatic carbocycles. The van der Waals surface area contributed by atoms with Crippen LogP contribution in [0.3, 0.4) is 0 Å². The molecular weight excluding hydrogens is 621 g/mol. The standard InChI is InChI=1S/C29H31BrCl3N5O/c30-23-4-1-20(2-5-23)19-36-9-7-24(8-10-36)37-11-13-38(14-12-37)28-27(33)16-22(18-34-28)29(39)35-17-21-3-6-25(31)26(32)15-21/h1-6,15-16,18,24H,7-14,17,19H2,(H,35,39). The van der Waals surface area contributed by atoms with Gasteiger partial charge in [0.2, 0.25) is 0 Å². The number of rotatable bonds is 7. The molecule has 2 aliphatic heterocycles. The first-order chi connectivity index (χ1) is 18.9. The average Bonchev–Trinajstić information content (AvgIpc) is 2.95. The van der Waals surface area contributed by atoms with Crippen molar-refractivity contribution in [2.24, 2.45) is 0 Å². The Hall–Kier alpha value is -1.87. The maximum absolute atomic E-state index is 12.7. The van der Waals surface area contributed by atoms with E-state index in [1.54, 1.807) is 24.4 Å². The Morgan fingerprint density at radius 2 is 1.56 bits per heavy atom. The number of anilines is 1. The van der Waals surface area contributed by atoms with Gasteiger partial charge < -0.3 is 10.2 Å². The van der Waals surface area contributed by atoms with Gasteiger partial charge in [-0.2, -0.15) is 0 Å². The zero-order valence-electron chi connectivity index (χ0n) is 21.6. The van der Waals surface area contributed by atoms with Crippen molar-refractivity contribution in [2.75, 3.05) is 44.2 Å². The molecule has 206 valence electrons. The van der Waals surface area contributed by atoms with Crippen LogP contribution < -0.4 is 10.2 Å². The van der Waals surface area contributed by atoms with Gasteiger partial charge in [-0.15, -0.1) is 0 Å². The molecule has 0 unspecified atom stereocenters. The SMILES string of the molecule is O=C(NCc1ccc(Cl)c(Cl)c1)c1cnc(N2CCN(C3CCN(Cc4ccc(Br)cc4)CC3)CC2)c(Cl)c1. The fourth-order valence-corrected chi connectivity index (χ4v) is 6.18. The molecule has 0 bridgehead atoms. The number of hydrogen-bond donors (Lipinski definition) is 1. The summed E-state index contributed by atoms with van der Waals surface area (Å²) in [4.78, 5) is 24.6. The first-order valence-corrected chi connectivity index (χ1v) is 15.1. The van der Waals surface area contributed by atoms with E-state index in [4.69, 9.17) is 34.8 Å². The molecule has 0 spiro atoms. The molecule has 10 heteroatoms. The summed E-state index contributed by atoms with van der Waals surface area (Å²) in [5, 5.41) is 4.32. The van der Waals surface area contributed by atoms with E-state index < -0.39 is 0 Å². The van der Waals surface area contributed by atoms with Gasteiger partial charge in [0.15, 0.2) is 0 Å². The molecule has 2 fully saturated rings. The highest BCUT2D eigenvalue weighted by molar-refractivity contribution is 9.10. The van der Waals surface area contributed by atoms with E-state index in [9.17, 15) is 4.79 Å². The van der Waals surface area contributed by atoms with Crippen LogP contribution in [-0.4, -0.2) is 66.0 Å². The number of halogens is 4. The largest absolute Gasteiger partial charge is 0.353 e. The summed E-state index contributed by atoms with van der Waals surface area (Å²) in [6, 6.07) is 16.2. The van der Waals surface area contributed by atoms with Crippen LogP contribution in [0.1, 0.15) is 34.3 Å². The highest BCUT2D eigenvalue weighted by Gasteiger charge is 2.28. The van der Waals surface area contributed by atoms with E-state index >= 15 is 0 Å². The van der Waals surface area contributed by atoms with Crippen LogP contribution in [0.5, 0.6) is 0 Å². The lowest BCUT2D eigenvalue weighted by Crippen LogP contribution is -2.53. The molecule has 0 aliphatic carbocycles. The minimum absolute atomic E-state index is 0.238. The van der Waals surface area contributed by atoms with E-state index in [-0.39, 0.29) is 5.91 Å². The van der Waals surface area contributed by atoms with Crippen molar-refractivity contribution in [3.63, 3.8) is 0 Å². The van der Waals surface area contributed by atoms with Gasteiger partial charge in [-0.05, 0) is 67.4 Å². The fourth-order valence-electron chi connectivity index (χ4n) is 5.31. The summed E-state index contributed by atoms with van der Waals surface area (Å²) in [5.41, 5.74) is 2.66. The number of carbonyl (C=O) groups excluding carboxylic acids is 1. The van der Waals surface area contributed by atoms with Crippen LogP contribution in [0.2, 0.25) is 15.1 Å². The number of piperidine rings is 1. The summed E-state index contributed by atoms with van der Waals surface area (Å²) in [7, 11) is 0. The molecular formula is C29H31BrCl3N5O. The van der Waals surface area contributed by atoms with E-state index in [2.05, 4.69) is 65.2 Å². The lowest BCUT2D eigenvalue weighted by molar-refractivity contribution is 0.0950. The number of benzene rings is 2. The Bertz CT molecular complexity index is 1290. The van der Waals surface area contributed by atoms with Crippen molar-refractivity contribution in [1.82, 2.24) is 20.1 Å². The molecule has 0 atom stereocenters. The number of nitrogens with one attached hydrogen (secondary N) is 1. The van der Waals surface area contributed by atoms with Crippen LogP contribution in [0, 0.1) is 0 Å². The number of nitrogens with zero attached hydrogens (tertiary/aromatic N) is 4. The molecule has 0 radical (unpaired) electrons. The summed E-state index contributed by atoms with van der Waals surface area (Å²) >= 11 is 22.1. The third-order valence-corrected chi connectivity index (χ3v) is 9.07. The minimum atomic E-state index is -0.238. The van der Waals surface area contributed by atoms with Gasteiger partial charge in [0, 0.05) is 56.0 Å². The Morgan fingerprint density at radius 1 is 0.872 bits per heavy atom. The maximum atomic E-state index is 12.7. The van der Waals surface area contributed by atoms with Gasteiger partial charge in [-0.25, -0.2) is 4.98 Å². The van der Waals surface area contributed by atoms with E-state index in [0.29, 0.717) is 33.2 Å². The quantitative estimate of drug-likeness (QED) is 0.315. The van der Waals surface area contributed by atoms with Crippen molar-refractivity contribution >= 4 is 62.5 Å². The van der Waals surface area contributed by atoms with Crippen molar-refractivity contribution in [3.8, 4) is 0 Å². The van der Waals surface area contributed by atoms with E-state index in [1.807, 2.05) is 6.07 Å². The lowest BCUT2D eigenvalue weighted by Gasteiger charge is -2.43. The summed E-state index contributed by atoms with van der Waals surface area (Å²) in [6.45, 7) is 7.32. The second kappa shape index (κ2) is 13.2. The van der Waals surface area contributed by atoms with Crippen LogP contribution in [-0.2, 0) is 13.1 Å². The predicted molar refractivity (Wildman–Crippen MR) is 163 cm³/mol. The second-order valence-corrected chi connectivity index (χ2v) is 12.3. The Morgan fingerprint density at radius 3 is 2.23 bits per heavy atom. The first-order valence-electron chi connectivity index (χ1n) is 13.2. The smallest absolute Gasteiger partial charge is 0.253 e. The molecule has 2 aliphatic rings. The van der Waals surface area contributed by atoms with Crippen LogP contribution in [0.15, 0.2) is 59.2 Å². The van der Waals surface area contributed by atoms with Crippen molar-refractivity contribution < 1.29 is 4.79 Å². The minimum Gasteiger partial charge on any atom is -0.353 e. The number of carbonyl (C=O) groups is 1. The summed E-state index contributed by atoms with van der Waals surface area (Å²) in [5.74, 6) is 0.500. The van der Waals surface area contributed by atoms with Crippen molar-refractivity contribution in [3.05, 3.63) is 91.0 Å². The monoisotopic (exact) mass is 649 g/mol. The topological polar surface area (TPSA) is 51.7 Å². The molecule has 0 saturated carbocycles. The highest BCUT2D eigenvalue weighted by Crippen LogP contribution is 2.27. The zero-order chi connectivity index (χ0) is 27.4. The van der Waals surface area contributed by atoms with Crippen LogP contribution >= 0.6 is 50.7 Å². The third-order valence-electron chi connectivity index (χ3n) is 7.53. The van der Waals surface area contributed by atoms with Gasteiger partial charge in [-0.3, -0.25) is 14.6 Å². The lowest BCUT2D eigenvalue weighted by atomic mass is 10.0. The number of likely N-dealkylation sites (tertiary alicyclic amines) is 1. The number of amides is 1. The Labute approximate surface area is 253 Å². The number of aromatic nitrogens is 1. The van der Waals surface area contributed by atoms with E-state index in [1.165, 1.54) is 18.4 Å². The normalized spacial score (nSPS) is 17.4. The van der Waals surface area contributed by atoms with Gasteiger partial charge in [0.05, 0.1) is 20.6 Å². The van der Waals surface area contributed by atoms with Crippen LogP contribution in [0.25, 0.3) is 0 Å². The molecule has 3 aromatic rings. The summed E-state index contributed by atoms with van der Waals surface area (Å²) in [6.07, 6.45) is 3.99. The molecule has 2 saturated heterocycles. The number of hydrogen-bond acceptors (Lipinski definition) is 5. The first kappa shape index (κ1) is 28.7. The maximum Gasteiger partial charge on any atom is 0.253 e. The highest BCUT2D eigenvalue weighted by atomic mass is 79.9. The Balaban J connectivity index is 1.08. The predicted octanol–water partition coefficient (Wildman–Crippen LogP) is 6.52. The molecule has 1 amide bonds. The molecule has 5 rings (SSSR count). The molecule has 39 heavy (non-hydrogen) atoms. The molecule has 6 nitrogen and oxygen atoms in total. The van der Waals surface area contributed by atoms with Gasteiger partial charge in [0.1, 0.15) is 5.82 Å². The molecule has 1 N–H and O–H groups in total. The van der Waals surface area contributed by atoms with Crippen molar-refractivity contribution in [2.45, 2.75) is 32.0 Å². The average molecular weight is 652 g/mol. The van der Waals surface area contributed by atoms with Gasteiger partial charge in [-0.1, -0.05) is 68.9 Å². The van der Waals surface area contributed by atoms with Crippen molar-refractivity contribution in [1.29, 1.82) is 0 Å². The van der Waals surface area contributed by atoms with Gasteiger partial charge >= 0.3 is 0 Å². The molecule has 3 heterocycles. The molecule has 1 aromatic heterocycles. The second-order valence-electron chi connectivity index (χ2n) is 10.1. The zero-order valence-corrected chi connectivity index (χ0v) is 25.4.